The van der Waals surface area contributed by atoms with Gasteiger partial charge in [-0.15, -0.1) is 0 Å². The first-order chi connectivity index (χ1) is 11.1. The number of ether oxygens (including phenoxy) is 2. The number of benzene rings is 2. The number of nitrogens with one attached hydrogen (secondary N) is 1. The average Bonchev–Trinajstić information content (AvgIpc) is 2.55. The lowest BCUT2D eigenvalue weighted by Gasteiger charge is -2.05. The van der Waals surface area contributed by atoms with Crippen molar-refractivity contribution in [3.05, 3.63) is 59.7 Å². The number of hydrazone groups is 1. The summed E-state index contributed by atoms with van der Waals surface area (Å²) < 4.78 is 36.3. The van der Waals surface area contributed by atoms with Gasteiger partial charge in [0, 0.05) is 11.6 Å². The van der Waals surface area contributed by atoms with Crippen LogP contribution in [0.5, 0.6) is 11.5 Å². The third-order valence-corrected chi connectivity index (χ3v) is 2.78. The number of nitrogens with zero attached hydrogens (tertiary/aromatic N) is 1. The third-order valence-electron chi connectivity index (χ3n) is 2.78. The van der Waals surface area contributed by atoms with Crippen molar-refractivity contribution in [3.63, 3.8) is 0 Å². The lowest BCUT2D eigenvalue weighted by molar-refractivity contribution is -0.123. The summed E-state index contributed by atoms with van der Waals surface area (Å²) in [6, 6.07) is 9.75. The van der Waals surface area contributed by atoms with Gasteiger partial charge in [-0.05, 0) is 36.4 Å². The van der Waals surface area contributed by atoms with Crippen LogP contribution in [-0.4, -0.2) is 25.8 Å². The number of rotatable bonds is 6. The fraction of sp³-hybridized carbons (Fsp3) is 0.125. The highest BCUT2D eigenvalue weighted by Crippen LogP contribution is 2.16. The highest BCUT2D eigenvalue weighted by molar-refractivity contribution is 5.83. The molecule has 0 fully saturated rings. The van der Waals surface area contributed by atoms with Crippen molar-refractivity contribution in [2.75, 3.05) is 13.7 Å². The fourth-order valence-corrected chi connectivity index (χ4v) is 1.63. The van der Waals surface area contributed by atoms with Crippen molar-refractivity contribution in [3.8, 4) is 11.5 Å². The Morgan fingerprint density at radius 3 is 2.52 bits per heavy atom. The Labute approximate surface area is 131 Å². The lowest BCUT2D eigenvalue weighted by Crippen LogP contribution is -2.24. The second kappa shape index (κ2) is 7.88. The number of carbonyl (C=O) groups is 1. The van der Waals surface area contributed by atoms with E-state index in [0.29, 0.717) is 11.5 Å². The molecule has 120 valence electrons. The first kappa shape index (κ1) is 16.4. The van der Waals surface area contributed by atoms with Gasteiger partial charge in [-0.1, -0.05) is 0 Å². The smallest absolute Gasteiger partial charge is 0.277 e. The molecule has 5 nitrogen and oxygen atoms in total. The van der Waals surface area contributed by atoms with Gasteiger partial charge in [-0.3, -0.25) is 4.79 Å². The minimum atomic E-state index is -0.766. The van der Waals surface area contributed by atoms with E-state index in [1.165, 1.54) is 6.07 Å². The molecule has 23 heavy (non-hydrogen) atoms. The molecule has 0 heterocycles. The van der Waals surface area contributed by atoms with Crippen LogP contribution in [-0.2, 0) is 4.79 Å². The summed E-state index contributed by atoms with van der Waals surface area (Å²) in [6.07, 6.45) is 1.08. The Kier molecular flexibility index (Phi) is 5.62. The first-order valence-electron chi connectivity index (χ1n) is 6.62. The highest BCUT2D eigenvalue weighted by Gasteiger charge is 2.03. The molecule has 2 aromatic carbocycles. The maximum atomic E-state index is 13.3. The molecular weight excluding hydrogens is 306 g/mol. The van der Waals surface area contributed by atoms with Crippen LogP contribution in [0.4, 0.5) is 8.78 Å². The summed E-state index contributed by atoms with van der Waals surface area (Å²) >= 11 is 0. The predicted molar refractivity (Wildman–Crippen MR) is 80.6 cm³/mol. The number of hydrogen-bond acceptors (Lipinski definition) is 4. The minimum Gasteiger partial charge on any atom is -0.497 e. The molecule has 1 N–H and O–H groups in total. The highest BCUT2D eigenvalue weighted by atomic mass is 19.1. The van der Waals surface area contributed by atoms with E-state index in [4.69, 9.17) is 9.47 Å². The van der Waals surface area contributed by atoms with Gasteiger partial charge < -0.3 is 9.47 Å². The molecule has 0 unspecified atom stereocenters. The standard InChI is InChI=1S/C16H14F2N2O3/c1-22-13-4-6-14(7-5-13)23-10-16(21)20-19-9-11-2-3-12(17)8-15(11)18/h2-9H,10H2,1H3,(H,20,21)/b19-9-. The fourth-order valence-electron chi connectivity index (χ4n) is 1.63. The summed E-state index contributed by atoms with van der Waals surface area (Å²) in [5.74, 6) is -0.795. The predicted octanol–water partition coefficient (Wildman–Crippen LogP) is 2.50. The first-order valence-corrected chi connectivity index (χ1v) is 6.62. The molecule has 0 aliphatic heterocycles. The van der Waals surface area contributed by atoms with Crippen molar-refractivity contribution < 1.29 is 23.0 Å². The average molecular weight is 320 g/mol. The van der Waals surface area contributed by atoms with E-state index in [1.807, 2.05) is 0 Å². The molecule has 0 aliphatic rings. The maximum Gasteiger partial charge on any atom is 0.277 e. The Morgan fingerprint density at radius 2 is 1.87 bits per heavy atom. The normalized spacial score (nSPS) is 10.6. The molecule has 7 heteroatoms. The number of carbonyl (C=O) groups excluding carboxylic acids is 1. The van der Waals surface area contributed by atoms with E-state index < -0.39 is 17.5 Å². The zero-order valence-corrected chi connectivity index (χ0v) is 12.3. The molecule has 2 aromatic rings. The molecule has 0 aliphatic carbocycles. The van der Waals surface area contributed by atoms with Crippen LogP contribution in [0.2, 0.25) is 0 Å². The second-order valence-corrected chi connectivity index (χ2v) is 4.42. The second-order valence-electron chi connectivity index (χ2n) is 4.42. The molecule has 0 bridgehead atoms. The van der Waals surface area contributed by atoms with Gasteiger partial charge in [0.2, 0.25) is 0 Å². The lowest BCUT2D eigenvalue weighted by atomic mass is 10.2. The molecule has 0 atom stereocenters. The number of halogens is 2. The van der Waals surface area contributed by atoms with Gasteiger partial charge in [0.05, 0.1) is 13.3 Å². The molecule has 1 amide bonds. The Morgan fingerprint density at radius 1 is 1.17 bits per heavy atom. The summed E-state index contributed by atoms with van der Waals surface area (Å²) in [5, 5.41) is 3.58. The van der Waals surface area contributed by atoms with Crippen LogP contribution in [0, 0.1) is 11.6 Å². The van der Waals surface area contributed by atoms with E-state index >= 15 is 0 Å². The van der Waals surface area contributed by atoms with E-state index in [1.54, 1.807) is 31.4 Å². The number of methoxy groups -OCH3 is 1. The molecular formula is C16H14F2N2O3. The summed E-state index contributed by atoms with van der Waals surface area (Å²) in [7, 11) is 1.55. The quantitative estimate of drug-likeness (QED) is 0.657. The zero-order chi connectivity index (χ0) is 16.7. The number of amides is 1. The van der Waals surface area contributed by atoms with Gasteiger partial charge in [-0.25, -0.2) is 14.2 Å². The van der Waals surface area contributed by atoms with Crippen LogP contribution < -0.4 is 14.9 Å². The maximum absolute atomic E-state index is 13.3. The van der Waals surface area contributed by atoms with E-state index in [0.717, 1.165) is 18.3 Å². The molecule has 0 radical (unpaired) electrons. The summed E-state index contributed by atoms with van der Waals surface area (Å²) in [4.78, 5) is 11.5. The van der Waals surface area contributed by atoms with Crippen LogP contribution in [0.1, 0.15) is 5.56 Å². The van der Waals surface area contributed by atoms with E-state index in [-0.39, 0.29) is 12.2 Å². The van der Waals surface area contributed by atoms with Crippen molar-refractivity contribution in [2.24, 2.45) is 5.10 Å². The summed E-state index contributed by atoms with van der Waals surface area (Å²) in [5.41, 5.74) is 2.24. The van der Waals surface area contributed by atoms with Crippen LogP contribution >= 0.6 is 0 Å². The Bertz CT molecular complexity index is 703. The minimum absolute atomic E-state index is 0.0581. The van der Waals surface area contributed by atoms with Gasteiger partial charge in [0.25, 0.3) is 5.91 Å². The molecule has 0 saturated carbocycles. The Hall–Kier alpha value is -2.96. The van der Waals surface area contributed by atoms with Crippen molar-refractivity contribution in [1.29, 1.82) is 0 Å². The van der Waals surface area contributed by atoms with Crippen molar-refractivity contribution in [2.45, 2.75) is 0 Å². The molecule has 0 saturated heterocycles. The number of hydrogen-bond donors (Lipinski definition) is 1. The monoisotopic (exact) mass is 320 g/mol. The molecule has 2 rings (SSSR count). The van der Waals surface area contributed by atoms with Crippen molar-refractivity contribution in [1.82, 2.24) is 5.43 Å². The van der Waals surface area contributed by atoms with Crippen LogP contribution in [0.3, 0.4) is 0 Å². The van der Waals surface area contributed by atoms with Crippen LogP contribution in [0.15, 0.2) is 47.6 Å². The van der Waals surface area contributed by atoms with Gasteiger partial charge in [0.1, 0.15) is 23.1 Å². The van der Waals surface area contributed by atoms with Crippen LogP contribution in [0.25, 0.3) is 0 Å². The summed E-state index contributed by atoms with van der Waals surface area (Å²) in [6.45, 7) is -0.254. The zero-order valence-electron chi connectivity index (χ0n) is 12.3. The van der Waals surface area contributed by atoms with E-state index in [2.05, 4.69) is 10.5 Å². The molecule has 0 spiro atoms. The van der Waals surface area contributed by atoms with Gasteiger partial charge >= 0.3 is 0 Å². The van der Waals surface area contributed by atoms with E-state index in [9.17, 15) is 13.6 Å². The SMILES string of the molecule is COc1ccc(OCC(=O)N/N=C\c2ccc(F)cc2F)cc1. The largest absolute Gasteiger partial charge is 0.497 e. The van der Waals surface area contributed by atoms with Gasteiger partial charge in [0.15, 0.2) is 6.61 Å². The third kappa shape index (κ3) is 5.06. The van der Waals surface area contributed by atoms with Gasteiger partial charge in [-0.2, -0.15) is 5.10 Å². The Balaban J connectivity index is 1.81. The topological polar surface area (TPSA) is 59.9 Å². The molecule has 0 aromatic heterocycles. The van der Waals surface area contributed by atoms with Crippen molar-refractivity contribution >= 4 is 12.1 Å².